The standard InChI is InChI=1S/C12H18N6OS/c1-6-10(7(2)16-15-6)11(13)12(19)14-5-4-9-18-17-8(3)20-9/h11H,4-5,13H2,1-3H3,(H,14,19)(H,15,16)/t11-/m0/s1. The van der Waals surface area contributed by atoms with Crippen LogP contribution < -0.4 is 11.1 Å². The first-order chi connectivity index (χ1) is 9.49. The molecule has 0 aliphatic carbocycles. The van der Waals surface area contributed by atoms with Gasteiger partial charge in [-0.3, -0.25) is 9.89 Å². The normalized spacial score (nSPS) is 12.4. The second-order valence-electron chi connectivity index (χ2n) is 4.58. The number of amides is 1. The third-order valence-corrected chi connectivity index (χ3v) is 3.88. The molecule has 4 N–H and O–H groups in total. The number of aromatic nitrogens is 4. The zero-order valence-corrected chi connectivity index (χ0v) is 12.5. The molecular weight excluding hydrogens is 276 g/mol. The minimum atomic E-state index is -0.704. The van der Waals surface area contributed by atoms with Crippen LogP contribution in [0.2, 0.25) is 0 Å². The molecule has 20 heavy (non-hydrogen) atoms. The van der Waals surface area contributed by atoms with E-state index in [0.29, 0.717) is 13.0 Å². The van der Waals surface area contributed by atoms with Gasteiger partial charge in [0.25, 0.3) is 0 Å². The summed E-state index contributed by atoms with van der Waals surface area (Å²) in [6, 6.07) is -0.704. The predicted molar refractivity (Wildman–Crippen MR) is 76.3 cm³/mol. The number of aryl methyl sites for hydroxylation is 3. The van der Waals surface area contributed by atoms with Gasteiger partial charge in [-0.05, 0) is 20.8 Å². The topological polar surface area (TPSA) is 110 Å². The van der Waals surface area contributed by atoms with Gasteiger partial charge in [0.05, 0.1) is 5.69 Å². The average Bonchev–Trinajstić information content (AvgIpc) is 2.95. The fraction of sp³-hybridized carbons (Fsp3) is 0.500. The summed E-state index contributed by atoms with van der Waals surface area (Å²) in [5, 5.41) is 19.5. The van der Waals surface area contributed by atoms with Gasteiger partial charge in [0.15, 0.2) is 0 Å². The molecule has 108 valence electrons. The molecule has 0 fully saturated rings. The van der Waals surface area contributed by atoms with Gasteiger partial charge in [-0.25, -0.2) is 0 Å². The Morgan fingerprint density at radius 3 is 2.70 bits per heavy atom. The monoisotopic (exact) mass is 294 g/mol. The number of carbonyl (C=O) groups excluding carboxylic acids is 1. The third kappa shape index (κ3) is 3.20. The zero-order valence-electron chi connectivity index (χ0n) is 11.7. The molecule has 2 heterocycles. The third-order valence-electron chi connectivity index (χ3n) is 2.98. The van der Waals surface area contributed by atoms with E-state index in [1.807, 2.05) is 20.8 Å². The van der Waals surface area contributed by atoms with Crippen molar-refractivity contribution in [2.75, 3.05) is 6.54 Å². The van der Waals surface area contributed by atoms with Crippen LogP contribution in [0.25, 0.3) is 0 Å². The summed E-state index contributed by atoms with van der Waals surface area (Å²) < 4.78 is 0. The van der Waals surface area contributed by atoms with Crippen molar-refractivity contribution >= 4 is 17.2 Å². The Balaban J connectivity index is 1.89. The Labute approximate surface area is 121 Å². The maximum Gasteiger partial charge on any atom is 0.241 e. The number of hydrogen-bond donors (Lipinski definition) is 3. The van der Waals surface area contributed by atoms with E-state index < -0.39 is 6.04 Å². The molecule has 0 unspecified atom stereocenters. The summed E-state index contributed by atoms with van der Waals surface area (Å²) in [4.78, 5) is 12.0. The van der Waals surface area contributed by atoms with Crippen molar-refractivity contribution in [1.82, 2.24) is 25.7 Å². The van der Waals surface area contributed by atoms with Gasteiger partial charge in [0.1, 0.15) is 16.1 Å². The Morgan fingerprint density at radius 1 is 1.40 bits per heavy atom. The van der Waals surface area contributed by atoms with Gasteiger partial charge in [-0.2, -0.15) is 5.10 Å². The largest absolute Gasteiger partial charge is 0.354 e. The Hall–Kier alpha value is -1.80. The smallest absolute Gasteiger partial charge is 0.241 e. The highest BCUT2D eigenvalue weighted by atomic mass is 32.1. The highest BCUT2D eigenvalue weighted by molar-refractivity contribution is 7.11. The maximum atomic E-state index is 12.0. The van der Waals surface area contributed by atoms with Crippen LogP contribution >= 0.6 is 11.3 Å². The molecule has 2 aromatic heterocycles. The molecule has 0 spiro atoms. The number of nitrogens with zero attached hydrogens (tertiary/aromatic N) is 3. The van der Waals surface area contributed by atoms with Crippen molar-refractivity contribution in [3.05, 3.63) is 27.0 Å². The fourth-order valence-electron chi connectivity index (χ4n) is 1.99. The molecule has 2 aromatic rings. The van der Waals surface area contributed by atoms with E-state index >= 15 is 0 Å². The Kier molecular flexibility index (Phi) is 4.46. The summed E-state index contributed by atoms with van der Waals surface area (Å²) >= 11 is 1.53. The van der Waals surface area contributed by atoms with E-state index in [9.17, 15) is 4.79 Å². The minimum Gasteiger partial charge on any atom is -0.354 e. The number of H-pyrrole nitrogens is 1. The molecular formula is C12H18N6OS. The molecule has 0 bridgehead atoms. The highest BCUT2D eigenvalue weighted by Gasteiger charge is 2.21. The molecule has 8 heteroatoms. The molecule has 0 aliphatic rings. The first kappa shape index (κ1) is 14.6. The second-order valence-corrected chi connectivity index (χ2v) is 5.85. The van der Waals surface area contributed by atoms with Crippen LogP contribution in [0.1, 0.15) is 33.0 Å². The van der Waals surface area contributed by atoms with Crippen LogP contribution in [-0.4, -0.2) is 32.8 Å². The van der Waals surface area contributed by atoms with Crippen LogP contribution in [0.4, 0.5) is 0 Å². The molecule has 1 amide bonds. The molecule has 7 nitrogen and oxygen atoms in total. The lowest BCUT2D eigenvalue weighted by Crippen LogP contribution is -2.35. The molecule has 0 aromatic carbocycles. The van der Waals surface area contributed by atoms with Crippen molar-refractivity contribution in [1.29, 1.82) is 0 Å². The van der Waals surface area contributed by atoms with Gasteiger partial charge in [0, 0.05) is 24.2 Å². The summed E-state index contributed by atoms with van der Waals surface area (Å²) in [7, 11) is 0. The van der Waals surface area contributed by atoms with Crippen LogP contribution in [0, 0.1) is 20.8 Å². The molecule has 2 rings (SSSR count). The predicted octanol–water partition coefficient (Wildman–Crippen LogP) is 0.545. The van der Waals surface area contributed by atoms with E-state index in [1.165, 1.54) is 11.3 Å². The van der Waals surface area contributed by atoms with Crippen molar-refractivity contribution in [3.63, 3.8) is 0 Å². The van der Waals surface area contributed by atoms with Crippen LogP contribution in [-0.2, 0) is 11.2 Å². The lowest BCUT2D eigenvalue weighted by molar-refractivity contribution is -0.122. The Morgan fingerprint density at radius 2 is 2.15 bits per heavy atom. The fourth-order valence-corrected chi connectivity index (χ4v) is 2.70. The number of carbonyl (C=O) groups is 1. The van der Waals surface area contributed by atoms with E-state index in [-0.39, 0.29) is 5.91 Å². The quantitative estimate of drug-likeness (QED) is 0.746. The van der Waals surface area contributed by atoms with Crippen LogP contribution in [0.5, 0.6) is 0 Å². The van der Waals surface area contributed by atoms with Crippen LogP contribution in [0.3, 0.4) is 0 Å². The van der Waals surface area contributed by atoms with E-state index in [0.717, 1.165) is 27.0 Å². The zero-order chi connectivity index (χ0) is 14.7. The first-order valence-corrected chi connectivity index (χ1v) is 7.14. The van der Waals surface area contributed by atoms with Gasteiger partial charge in [0.2, 0.25) is 5.91 Å². The van der Waals surface area contributed by atoms with Crippen LogP contribution in [0.15, 0.2) is 0 Å². The van der Waals surface area contributed by atoms with E-state index in [4.69, 9.17) is 5.73 Å². The SMILES string of the molecule is Cc1nnc(CCNC(=O)[C@@H](N)c2c(C)n[nH]c2C)s1. The summed E-state index contributed by atoms with van der Waals surface area (Å²) in [6.07, 6.45) is 0.660. The molecule has 1 atom stereocenters. The van der Waals surface area contributed by atoms with Crippen molar-refractivity contribution in [3.8, 4) is 0 Å². The van der Waals surface area contributed by atoms with Gasteiger partial charge in [-0.1, -0.05) is 0 Å². The summed E-state index contributed by atoms with van der Waals surface area (Å²) in [6.45, 7) is 6.08. The summed E-state index contributed by atoms with van der Waals surface area (Å²) in [5.74, 6) is -0.209. The summed E-state index contributed by atoms with van der Waals surface area (Å²) in [5.41, 5.74) is 8.31. The van der Waals surface area contributed by atoms with Crippen molar-refractivity contribution in [2.24, 2.45) is 5.73 Å². The van der Waals surface area contributed by atoms with Gasteiger partial charge < -0.3 is 11.1 Å². The number of aromatic amines is 1. The average molecular weight is 294 g/mol. The van der Waals surface area contributed by atoms with Crippen molar-refractivity contribution in [2.45, 2.75) is 33.2 Å². The van der Waals surface area contributed by atoms with Gasteiger partial charge >= 0.3 is 0 Å². The number of rotatable bonds is 5. The minimum absolute atomic E-state index is 0.209. The maximum absolute atomic E-state index is 12.0. The lowest BCUT2D eigenvalue weighted by Gasteiger charge is -2.12. The second kappa shape index (κ2) is 6.10. The number of hydrogen-bond acceptors (Lipinski definition) is 6. The number of nitrogens with one attached hydrogen (secondary N) is 2. The van der Waals surface area contributed by atoms with E-state index in [1.54, 1.807) is 0 Å². The molecule has 0 saturated carbocycles. The molecule has 0 aliphatic heterocycles. The number of nitrogens with two attached hydrogens (primary N) is 1. The van der Waals surface area contributed by atoms with Crippen molar-refractivity contribution < 1.29 is 4.79 Å². The van der Waals surface area contributed by atoms with E-state index in [2.05, 4.69) is 25.7 Å². The molecule has 0 radical (unpaired) electrons. The molecule has 0 saturated heterocycles. The lowest BCUT2D eigenvalue weighted by atomic mass is 10.1. The first-order valence-electron chi connectivity index (χ1n) is 6.32. The Bertz CT molecular complexity index is 585. The van der Waals surface area contributed by atoms with Gasteiger partial charge in [-0.15, -0.1) is 21.5 Å². The highest BCUT2D eigenvalue weighted by Crippen LogP contribution is 2.17.